The number of carbonyl (C=O) groups is 3. The van der Waals surface area contributed by atoms with Crippen molar-refractivity contribution in [2.24, 2.45) is 0 Å². The number of para-hydroxylation sites is 1. The number of esters is 1. The number of ether oxygens (including phenoxy) is 1. The topological polar surface area (TPSA) is 88.6 Å². The standard InChI is InChI=1S/C19H21N3O4S2/c1-2-26-18(25)11-13-12-28-19(20-13)21-16(23)7-8-17(24)22-9-10-27-15-6-4-3-5-14(15)22/h3-6,12H,2,7-11H2,1H3,(H,20,21,23). The van der Waals surface area contributed by atoms with E-state index in [0.717, 1.165) is 16.3 Å². The molecule has 1 aromatic carbocycles. The van der Waals surface area contributed by atoms with Gasteiger partial charge >= 0.3 is 5.97 Å². The van der Waals surface area contributed by atoms with Crippen molar-refractivity contribution < 1.29 is 19.1 Å². The highest BCUT2D eigenvalue weighted by Gasteiger charge is 2.23. The first-order valence-corrected chi connectivity index (χ1v) is 10.9. The Kier molecular flexibility index (Phi) is 7.05. The van der Waals surface area contributed by atoms with Crippen LogP contribution < -0.4 is 10.2 Å². The van der Waals surface area contributed by atoms with Gasteiger partial charge in [-0.15, -0.1) is 23.1 Å². The average Bonchev–Trinajstić information content (AvgIpc) is 3.12. The van der Waals surface area contributed by atoms with Gasteiger partial charge in [0, 0.05) is 35.4 Å². The van der Waals surface area contributed by atoms with Crippen LogP contribution in [0.2, 0.25) is 0 Å². The van der Waals surface area contributed by atoms with Crippen LogP contribution in [0.15, 0.2) is 34.5 Å². The van der Waals surface area contributed by atoms with Crippen molar-refractivity contribution in [3.05, 3.63) is 35.3 Å². The van der Waals surface area contributed by atoms with Crippen molar-refractivity contribution in [1.29, 1.82) is 0 Å². The zero-order chi connectivity index (χ0) is 19.9. The summed E-state index contributed by atoms with van der Waals surface area (Å²) in [5, 5.41) is 4.81. The largest absolute Gasteiger partial charge is 0.466 e. The summed E-state index contributed by atoms with van der Waals surface area (Å²) in [5.74, 6) is 0.156. The Bertz CT molecular complexity index is 868. The maximum atomic E-state index is 12.6. The molecule has 2 aromatic rings. The van der Waals surface area contributed by atoms with E-state index in [9.17, 15) is 14.4 Å². The van der Waals surface area contributed by atoms with Gasteiger partial charge in [-0.25, -0.2) is 4.98 Å². The molecule has 9 heteroatoms. The molecule has 0 saturated heterocycles. The lowest BCUT2D eigenvalue weighted by Gasteiger charge is -2.28. The van der Waals surface area contributed by atoms with Gasteiger partial charge in [-0.1, -0.05) is 12.1 Å². The molecule has 0 atom stereocenters. The molecule has 2 amide bonds. The van der Waals surface area contributed by atoms with Gasteiger partial charge in [0.25, 0.3) is 0 Å². The first-order chi connectivity index (χ1) is 13.6. The number of thiazole rings is 1. The average molecular weight is 420 g/mol. The Morgan fingerprint density at radius 1 is 1.25 bits per heavy atom. The number of anilines is 2. The van der Waals surface area contributed by atoms with Crippen molar-refractivity contribution in [2.45, 2.75) is 31.1 Å². The fourth-order valence-corrected chi connectivity index (χ4v) is 4.49. The minimum Gasteiger partial charge on any atom is -0.466 e. The third-order valence-electron chi connectivity index (χ3n) is 4.02. The van der Waals surface area contributed by atoms with E-state index >= 15 is 0 Å². The van der Waals surface area contributed by atoms with Crippen molar-refractivity contribution in [1.82, 2.24) is 4.98 Å². The molecular formula is C19H21N3O4S2. The van der Waals surface area contributed by atoms with Gasteiger partial charge in [-0.05, 0) is 19.1 Å². The number of thioether (sulfide) groups is 1. The summed E-state index contributed by atoms with van der Waals surface area (Å²) in [5.41, 5.74) is 1.46. The minimum atomic E-state index is -0.351. The van der Waals surface area contributed by atoms with E-state index in [1.165, 1.54) is 11.3 Å². The van der Waals surface area contributed by atoms with E-state index < -0.39 is 0 Å². The minimum absolute atomic E-state index is 0.0648. The number of nitrogens with zero attached hydrogens (tertiary/aromatic N) is 2. The second kappa shape index (κ2) is 9.70. The molecule has 0 fully saturated rings. The first kappa shape index (κ1) is 20.3. The molecule has 0 radical (unpaired) electrons. The molecule has 1 N–H and O–H groups in total. The Balaban J connectivity index is 1.49. The molecule has 7 nitrogen and oxygen atoms in total. The van der Waals surface area contributed by atoms with Crippen LogP contribution in [0.3, 0.4) is 0 Å². The number of fused-ring (bicyclic) bond motifs is 1. The number of nitrogens with one attached hydrogen (secondary N) is 1. The number of hydrogen-bond acceptors (Lipinski definition) is 7. The Labute approximate surface area is 171 Å². The van der Waals surface area contributed by atoms with Gasteiger partial charge in [-0.2, -0.15) is 0 Å². The highest BCUT2D eigenvalue weighted by molar-refractivity contribution is 7.99. The normalized spacial score (nSPS) is 13.0. The predicted molar refractivity (Wildman–Crippen MR) is 110 cm³/mol. The maximum absolute atomic E-state index is 12.6. The molecule has 3 rings (SSSR count). The highest BCUT2D eigenvalue weighted by atomic mass is 32.2. The van der Waals surface area contributed by atoms with Gasteiger partial charge < -0.3 is 15.0 Å². The second-order valence-corrected chi connectivity index (χ2v) is 8.03. The highest BCUT2D eigenvalue weighted by Crippen LogP contribution is 2.34. The number of rotatable bonds is 7. The fraction of sp³-hybridized carbons (Fsp3) is 0.368. The third kappa shape index (κ3) is 5.32. The van der Waals surface area contributed by atoms with Crippen LogP contribution in [0.25, 0.3) is 0 Å². The van der Waals surface area contributed by atoms with Crippen molar-refractivity contribution in [2.75, 3.05) is 29.1 Å². The van der Waals surface area contributed by atoms with Crippen molar-refractivity contribution >= 4 is 51.7 Å². The van der Waals surface area contributed by atoms with Gasteiger partial charge in [0.2, 0.25) is 11.8 Å². The molecule has 1 aliphatic rings. The zero-order valence-electron chi connectivity index (χ0n) is 15.5. The number of aromatic nitrogens is 1. The van der Waals surface area contributed by atoms with Gasteiger partial charge in [0.15, 0.2) is 5.13 Å². The number of carbonyl (C=O) groups excluding carboxylic acids is 3. The lowest BCUT2D eigenvalue weighted by molar-refractivity contribution is -0.142. The van der Waals surface area contributed by atoms with E-state index in [1.807, 2.05) is 24.3 Å². The maximum Gasteiger partial charge on any atom is 0.311 e. The van der Waals surface area contributed by atoms with Crippen LogP contribution in [0.5, 0.6) is 0 Å². The summed E-state index contributed by atoms with van der Waals surface area (Å²) >= 11 is 2.97. The molecule has 0 spiro atoms. The Morgan fingerprint density at radius 3 is 2.89 bits per heavy atom. The smallest absolute Gasteiger partial charge is 0.311 e. The third-order valence-corrected chi connectivity index (χ3v) is 5.87. The van der Waals surface area contributed by atoms with E-state index in [1.54, 1.807) is 29.0 Å². The Hall–Kier alpha value is -2.39. The van der Waals surface area contributed by atoms with Crippen LogP contribution in [0, 0.1) is 0 Å². The van der Waals surface area contributed by atoms with Crippen molar-refractivity contribution in [3.63, 3.8) is 0 Å². The van der Waals surface area contributed by atoms with Crippen LogP contribution >= 0.6 is 23.1 Å². The summed E-state index contributed by atoms with van der Waals surface area (Å²) in [6.07, 6.45) is 0.286. The summed E-state index contributed by atoms with van der Waals surface area (Å²) in [6.45, 7) is 2.71. The SMILES string of the molecule is CCOC(=O)Cc1csc(NC(=O)CCC(=O)N2CCSc3ccccc32)n1. The van der Waals surface area contributed by atoms with E-state index in [4.69, 9.17) is 4.74 Å². The number of benzene rings is 1. The molecule has 148 valence electrons. The molecular weight excluding hydrogens is 398 g/mol. The van der Waals surface area contributed by atoms with E-state index in [-0.39, 0.29) is 37.0 Å². The van der Waals surface area contributed by atoms with Crippen LogP contribution in [-0.4, -0.2) is 41.7 Å². The Morgan fingerprint density at radius 2 is 2.07 bits per heavy atom. The molecule has 0 bridgehead atoms. The molecule has 1 aliphatic heterocycles. The quantitative estimate of drug-likeness (QED) is 0.694. The van der Waals surface area contributed by atoms with E-state index in [0.29, 0.717) is 24.0 Å². The second-order valence-electron chi connectivity index (χ2n) is 6.04. The fourth-order valence-electron chi connectivity index (χ4n) is 2.77. The monoisotopic (exact) mass is 419 g/mol. The summed E-state index contributed by atoms with van der Waals surface area (Å²) in [6, 6.07) is 7.80. The van der Waals surface area contributed by atoms with Crippen LogP contribution in [0.1, 0.15) is 25.5 Å². The predicted octanol–water partition coefficient (Wildman–Crippen LogP) is 3.11. The summed E-state index contributed by atoms with van der Waals surface area (Å²) in [7, 11) is 0. The number of hydrogen-bond donors (Lipinski definition) is 1. The summed E-state index contributed by atoms with van der Waals surface area (Å²) in [4.78, 5) is 43.3. The van der Waals surface area contributed by atoms with Crippen LogP contribution in [0.4, 0.5) is 10.8 Å². The van der Waals surface area contributed by atoms with Crippen LogP contribution in [-0.2, 0) is 25.5 Å². The zero-order valence-corrected chi connectivity index (χ0v) is 17.1. The van der Waals surface area contributed by atoms with E-state index in [2.05, 4.69) is 10.3 Å². The molecule has 28 heavy (non-hydrogen) atoms. The molecule has 0 unspecified atom stereocenters. The lowest BCUT2D eigenvalue weighted by atomic mass is 10.2. The molecule has 0 saturated carbocycles. The molecule has 0 aliphatic carbocycles. The van der Waals surface area contributed by atoms with Gasteiger partial charge in [0.05, 0.1) is 24.4 Å². The summed E-state index contributed by atoms with van der Waals surface area (Å²) < 4.78 is 4.88. The number of amides is 2. The first-order valence-electron chi connectivity index (χ1n) is 8.99. The molecule has 2 heterocycles. The van der Waals surface area contributed by atoms with Gasteiger partial charge in [-0.3, -0.25) is 14.4 Å². The molecule has 1 aromatic heterocycles. The van der Waals surface area contributed by atoms with Crippen molar-refractivity contribution in [3.8, 4) is 0 Å². The van der Waals surface area contributed by atoms with Gasteiger partial charge in [0.1, 0.15) is 0 Å². The lowest BCUT2D eigenvalue weighted by Crippen LogP contribution is -2.35.